The van der Waals surface area contributed by atoms with Gasteiger partial charge in [-0.25, -0.2) is 19.7 Å². The van der Waals surface area contributed by atoms with E-state index in [0.29, 0.717) is 11.1 Å². The molecule has 0 spiro atoms. The number of hydrogen-bond donors (Lipinski definition) is 1. The Hall–Kier alpha value is -1.23. The van der Waals surface area contributed by atoms with Gasteiger partial charge in [0.1, 0.15) is 12.3 Å². The predicted molar refractivity (Wildman–Crippen MR) is 112 cm³/mol. The topological polar surface area (TPSA) is 75.0 Å². The number of carboxylic acid groups (broad SMARTS) is 1. The molecule has 1 aromatic heterocycles. The van der Waals surface area contributed by atoms with Crippen molar-refractivity contribution in [3.8, 4) is 0 Å². The minimum atomic E-state index is -1.27. The average Bonchev–Trinajstić information content (AvgIpc) is 2.55. The number of amidine groups is 1. The molecule has 0 radical (unpaired) electrons. The average molecular weight is 476 g/mol. The molecule has 1 aromatic rings. The van der Waals surface area contributed by atoms with E-state index < -0.39 is 25.7 Å². The van der Waals surface area contributed by atoms with Crippen molar-refractivity contribution >= 4 is 47.0 Å². The molecule has 2 rings (SSSR count). The highest BCUT2D eigenvalue weighted by Crippen LogP contribution is 2.36. The second-order valence-corrected chi connectivity index (χ2v) is 14.9. The van der Waals surface area contributed by atoms with Crippen LogP contribution in [-0.4, -0.2) is 47.7 Å². The predicted octanol–water partition coefficient (Wildman–Crippen LogP) is 5.11. The molecule has 27 heavy (non-hydrogen) atoms. The van der Waals surface area contributed by atoms with Crippen LogP contribution in [0.1, 0.15) is 12.5 Å². The number of rotatable bonds is 6. The first-order chi connectivity index (χ1) is 12.5. The number of amides is 1. The second-order valence-electron chi connectivity index (χ2n) is 7.51. The second kappa shape index (κ2) is 8.85. The first-order valence-corrected chi connectivity index (χ1v) is 13.7. The number of hydrogen-bond acceptors (Lipinski definition) is 5. The molecule has 0 aromatic carbocycles. The molecule has 0 bridgehead atoms. The summed E-state index contributed by atoms with van der Waals surface area (Å²) in [6.07, 6.45) is 1.92. The number of carbonyl (C=O) groups is 1. The molecule has 1 unspecified atom stereocenters. The smallest absolute Gasteiger partial charge is 0.415 e. The van der Waals surface area contributed by atoms with Gasteiger partial charge in [-0.15, -0.1) is 0 Å². The van der Waals surface area contributed by atoms with Gasteiger partial charge in [-0.05, 0) is 46.4 Å². The van der Waals surface area contributed by atoms with Gasteiger partial charge in [-0.2, -0.15) is 4.39 Å². The SMILES string of the molecule is CC1(c2cc(Br)cnc2F)C=CSC(N(COCC[Si](C)(C)C)C(=O)O)=N1. The lowest BCUT2D eigenvalue weighted by Gasteiger charge is -2.29. The van der Waals surface area contributed by atoms with Crippen LogP contribution in [0.2, 0.25) is 25.7 Å². The Kier molecular flexibility index (Phi) is 7.23. The van der Waals surface area contributed by atoms with E-state index in [9.17, 15) is 14.3 Å². The van der Waals surface area contributed by atoms with Crippen molar-refractivity contribution < 1.29 is 19.0 Å². The molecular formula is C17H23BrFN3O3SSi. The monoisotopic (exact) mass is 475 g/mol. The van der Waals surface area contributed by atoms with E-state index in [2.05, 4.69) is 45.5 Å². The zero-order valence-electron chi connectivity index (χ0n) is 15.7. The zero-order chi connectivity index (χ0) is 20.2. The van der Waals surface area contributed by atoms with Crippen molar-refractivity contribution in [2.75, 3.05) is 13.3 Å². The van der Waals surface area contributed by atoms with Crippen LogP contribution in [-0.2, 0) is 10.3 Å². The summed E-state index contributed by atoms with van der Waals surface area (Å²) in [6, 6.07) is 2.53. The Morgan fingerprint density at radius 1 is 1.48 bits per heavy atom. The first kappa shape index (κ1) is 22.1. The van der Waals surface area contributed by atoms with Crippen LogP contribution in [0.3, 0.4) is 0 Å². The van der Waals surface area contributed by atoms with Crippen molar-refractivity contribution in [2.24, 2.45) is 4.99 Å². The van der Waals surface area contributed by atoms with Crippen LogP contribution in [0.5, 0.6) is 0 Å². The molecule has 0 saturated carbocycles. The van der Waals surface area contributed by atoms with Crippen molar-refractivity contribution in [3.63, 3.8) is 0 Å². The molecule has 1 N–H and O–H groups in total. The maximum absolute atomic E-state index is 14.3. The Balaban J connectivity index is 2.21. The van der Waals surface area contributed by atoms with Crippen LogP contribution < -0.4 is 0 Å². The molecule has 0 fully saturated rings. The standard InChI is InChI=1S/C17H23BrFN3O3SSi/c1-17(13-9-12(18)10-20-14(13)19)5-7-26-15(21-17)22(16(23)24)11-25-6-8-27(2,3)4/h5,7,9-10H,6,8,11H2,1-4H3,(H,23,24). The first-order valence-electron chi connectivity index (χ1n) is 8.36. The molecular weight excluding hydrogens is 453 g/mol. The van der Waals surface area contributed by atoms with Crippen LogP contribution in [0, 0.1) is 5.95 Å². The van der Waals surface area contributed by atoms with E-state index >= 15 is 0 Å². The maximum atomic E-state index is 14.3. The molecule has 1 atom stereocenters. The highest BCUT2D eigenvalue weighted by molar-refractivity contribution is 9.10. The molecule has 10 heteroatoms. The minimum Gasteiger partial charge on any atom is -0.465 e. The van der Waals surface area contributed by atoms with Gasteiger partial charge in [0, 0.05) is 30.9 Å². The minimum absolute atomic E-state index is 0.116. The summed E-state index contributed by atoms with van der Waals surface area (Å²) in [5, 5.41) is 11.5. The van der Waals surface area contributed by atoms with Crippen molar-refractivity contribution in [2.45, 2.75) is 38.1 Å². The van der Waals surface area contributed by atoms with Gasteiger partial charge in [0.25, 0.3) is 0 Å². The molecule has 0 saturated heterocycles. The molecule has 148 valence electrons. The van der Waals surface area contributed by atoms with Gasteiger partial charge in [0.05, 0.1) is 0 Å². The summed E-state index contributed by atoms with van der Waals surface area (Å²) in [6.45, 7) is 8.76. The molecule has 0 aliphatic carbocycles. The summed E-state index contributed by atoms with van der Waals surface area (Å²) >= 11 is 4.44. The number of ether oxygens (including phenoxy) is 1. The Morgan fingerprint density at radius 2 is 2.19 bits per heavy atom. The van der Waals surface area contributed by atoms with Crippen LogP contribution in [0.25, 0.3) is 0 Å². The lowest BCUT2D eigenvalue weighted by Crippen LogP contribution is -2.39. The van der Waals surface area contributed by atoms with E-state index in [1.54, 1.807) is 24.5 Å². The van der Waals surface area contributed by atoms with Crippen LogP contribution >= 0.6 is 27.7 Å². The van der Waals surface area contributed by atoms with E-state index in [1.165, 1.54) is 6.20 Å². The number of pyridine rings is 1. The van der Waals surface area contributed by atoms with Gasteiger partial charge in [-0.3, -0.25) is 0 Å². The summed E-state index contributed by atoms with van der Waals surface area (Å²) in [5.41, 5.74) is -0.802. The van der Waals surface area contributed by atoms with Gasteiger partial charge < -0.3 is 9.84 Å². The van der Waals surface area contributed by atoms with Crippen molar-refractivity contribution in [1.29, 1.82) is 0 Å². The quantitative estimate of drug-likeness (QED) is 0.267. The highest BCUT2D eigenvalue weighted by atomic mass is 79.9. The van der Waals surface area contributed by atoms with E-state index in [1.807, 2.05) is 0 Å². The summed E-state index contributed by atoms with van der Waals surface area (Å²) < 4.78 is 20.4. The van der Waals surface area contributed by atoms with Crippen LogP contribution in [0.15, 0.2) is 33.2 Å². The number of halogens is 2. The fourth-order valence-electron chi connectivity index (χ4n) is 2.27. The van der Waals surface area contributed by atoms with E-state index in [0.717, 1.165) is 22.7 Å². The number of nitrogens with zero attached hydrogens (tertiary/aromatic N) is 3. The van der Waals surface area contributed by atoms with Crippen molar-refractivity contribution in [1.82, 2.24) is 9.88 Å². The van der Waals surface area contributed by atoms with Crippen LogP contribution in [0.4, 0.5) is 9.18 Å². The normalized spacial score (nSPS) is 19.7. The van der Waals surface area contributed by atoms with Crippen molar-refractivity contribution in [3.05, 3.63) is 39.7 Å². The molecule has 2 heterocycles. The summed E-state index contributed by atoms with van der Waals surface area (Å²) in [7, 11) is -1.27. The molecule has 1 amide bonds. The van der Waals surface area contributed by atoms with E-state index in [-0.39, 0.29) is 17.5 Å². The highest BCUT2D eigenvalue weighted by Gasteiger charge is 2.33. The third-order valence-corrected chi connectivity index (χ3v) is 6.86. The largest absolute Gasteiger partial charge is 0.465 e. The lowest BCUT2D eigenvalue weighted by molar-refractivity contribution is 0.0705. The molecule has 6 nitrogen and oxygen atoms in total. The van der Waals surface area contributed by atoms with E-state index in [4.69, 9.17) is 4.74 Å². The number of aliphatic imine (C=N–C) groups is 1. The fourth-order valence-corrected chi connectivity index (χ4v) is 4.31. The third kappa shape index (κ3) is 6.13. The van der Waals surface area contributed by atoms with Gasteiger partial charge in [0.15, 0.2) is 5.17 Å². The summed E-state index contributed by atoms with van der Waals surface area (Å²) in [4.78, 5) is 21.0. The Morgan fingerprint density at radius 3 is 2.81 bits per heavy atom. The summed E-state index contributed by atoms with van der Waals surface area (Å²) in [5.74, 6) is -0.645. The van der Waals surface area contributed by atoms with Gasteiger partial charge in [-0.1, -0.05) is 31.4 Å². The maximum Gasteiger partial charge on any atom is 0.415 e. The van der Waals surface area contributed by atoms with Gasteiger partial charge >= 0.3 is 6.09 Å². The number of aromatic nitrogens is 1. The molecule has 1 aliphatic heterocycles. The third-order valence-electron chi connectivity index (χ3n) is 3.92. The Labute approximate surface area is 172 Å². The fraction of sp³-hybridized carbons (Fsp3) is 0.471. The zero-order valence-corrected chi connectivity index (χ0v) is 19.1. The number of thioether (sulfide) groups is 1. The lowest BCUT2D eigenvalue weighted by atomic mass is 9.94. The molecule has 1 aliphatic rings. The Bertz CT molecular complexity index is 772. The van der Waals surface area contributed by atoms with Gasteiger partial charge in [0.2, 0.25) is 5.95 Å².